The third kappa shape index (κ3) is 3.77. The van der Waals surface area contributed by atoms with Crippen LogP contribution in [0.3, 0.4) is 0 Å². The summed E-state index contributed by atoms with van der Waals surface area (Å²) >= 11 is 0. The predicted octanol–water partition coefficient (Wildman–Crippen LogP) is 3.26. The summed E-state index contributed by atoms with van der Waals surface area (Å²) in [5.74, 6) is -0.886. The molecule has 1 amide bonds. The van der Waals surface area contributed by atoms with E-state index in [1.807, 2.05) is 0 Å². The van der Waals surface area contributed by atoms with Gasteiger partial charge in [0.15, 0.2) is 0 Å². The number of nitrogens with zero attached hydrogens (tertiary/aromatic N) is 1. The highest BCUT2D eigenvalue weighted by atomic mass is 32.2. The minimum atomic E-state index is -4.60. The van der Waals surface area contributed by atoms with Gasteiger partial charge in [0.1, 0.15) is 10.6 Å². The fourth-order valence-corrected chi connectivity index (χ4v) is 3.53. The highest BCUT2D eigenvalue weighted by Gasteiger charge is 2.17. The molecule has 3 N–H and O–H groups in total. The summed E-state index contributed by atoms with van der Waals surface area (Å²) in [6.07, 6.45) is 0. The number of nitrogens with one attached hydrogen (secondary N) is 1. The first kappa shape index (κ1) is 19.3. The van der Waals surface area contributed by atoms with Gasteiger partial charge in [-0.2, -0.15) is 8.42 Å². The fraction of sp³-hybridized carbons (Fsp3) is 0.0556. The van der Waals surface area contributed by atoms with Crippen LogP contribution in [0.4, 0.5) is 11.4 Å². The number of amides is 1. The molecule has 0 atom stereocenters. The van der Waals surface area contributed by atoms with E-state index in [-0.39, 0.29) is 28.1 Å². The summed E-state index contributed by atoms with van der Waals surface area (Å²) < 4.78 is 32.5. The number of rotatable bonds is 4. The molecule has 0 aliphatic rings. The summed E-state index contributed by atoms with van der Waals surface area (Å²) in [5.41, 5.74) is 0.633. The lowest BCUT2D eigenvalue weighted by molar-refractivity contribution is -0.385. The second-order valence-corrected chi connectivity index (χ2v) is 7.46. The van der Waals surface area contributed by atoms with Gasteiger partial charge in [0.05, 0.1) is 4.92 Å². The lowest BCUT2D eigenvalue weighted by Gasteiger charge is -2.10. The van der Waals surface area contributed by atoms with Gasteiger partial charge in [0, 0.05) is 34.3 Å². The van der Waals surface area contributed by atoms with Crippen LogP contribution in [-0.4, -0.2) is 28.9 Å². The van der Waals surface area contributed by atoms with Crippen molar-refractivity contribution < 1.29 is 27.8 Å². The maximum absolute atomic E-state index is 12.4. The van der Waals surface area contributed by atoms with Gasteiger partial charge in [-0.1, -0.05) is 6.07 Å². The van der Waals surface area contributed by atoms with E-state index in [0.717, 1.165) is 6.07 Å². The van der Waals surface area contributed by atoms with Crippen molar-refractivity contribution >= 4 is 38.2 Å². The molecular weight excluding hydrogens is 388 g/mol. The first-order chi connectivity index (χ1) is 13.1. The first-order valence-electron chi connectivity index (χ1n) is 7.87. The smallest absolute Gasteiger partial charge is 0.295 e. The molecule has 0 aliphatic carbocycles. The molecule has 0 saturated heterocycles. The van der Waals surface area contributed by atoms with Gasteiger partial charge in [-0.05, 0) is 42.6 Å². The van der Waals surface area contributed by atoms with Crippen LogP contribution < -0.4 is 5.32 Å². The number of nitro benzene ring substituents is 1. The minimum Gasteiger partial charge on any atom is -0.508 e. The zero-order valence-corrected chi connectivity index (χ0v) is 15.2. The van der Waals surface area contributed by atoms with E-state index in [1.54, 1.807) is 0 Å². The summed E-state index contributed by atoms with van der Waals surface area (Å²) in [7, 11) is -4.60. The van der Waals surface area contributed by atoms with Gasteiger partial charge in [0.25, 0.3) is 21.7 Å². The maximum atomic E-state index is 12.4. The number of aromatic hydroxyl groups is 1. The minimum absolute atomic E-state index is 0.109. The zero-order valence-electron chi connectivity index (χ0n) is 14.4. The Labute approximate surface area is 159 Å². The number of hydrogen-bond donors (Lipinski definition) is 3. The van der Waals surface area contributed by atoms with Crippen LogP contribution in [-0.2, 0) is 10.1 Å². The Morgan fingerprint density at radius 3 is 2.43 bits per heavy atom. The van der Waals surface area contributed by atoms with Gasteiger partial charge in [0.2, 0.25) is 0 Å². The molecule has 0 unspecified atom stereocenters. The Balaban J connectivity index is 1.99. The van der Waals surface area contributed by atoms with Crippen molar-refractivity contribution in [1.82, 2.24) is 0 Å². The molecule has 0 saturated carbocycles. The largest absolute Gasteiger partial charge is 0.508 e. The summed E-state index contributed by atoms with van der Waals surface area (Å²) in [4.78, 5) is 22.3. The molecule has 0 aromatic heterocycles. The number of carbonyl (C=O) groups excluding carboxylic acids is 1. The van der Waals surface area contributed by atoms with Crippen molar-refractivity contribution in [3.63, 3.8) is 0 Å². The van der Waals surface area contributed by atoms with Crippen LogP contribution in [0.25, 0.3) is 10.8 Å². The Bertz CT molecular complexity index is 1240. The number of phenolic OH excluding ortho intramolecular Hbond substituents is 1. The first-order valence-corrected chi connectivity index (χ1v) is 9.31. The van der Waals surface area contributed by atoms with Gasteiger partial charge < -0.3 is 10.4 Å². The van der Waals surface area contributed by atoms with Gasteiger partial charge in [-0.15, -0.1) is 0 Å². The number of phenols is 1. The van der Waals surface area contributed by atoms with Crippen molar-refractivity contribution in [2.24, 2.45) is 0 Å². The second-order valence-electron chi connectivity index (χ2n) is 6.07. The van der Waals surface area contributed by atoms with Crippen molar-refractivity contribution in [2.75, 3.05) is 5.32 Å². The van der Waals surface area contributed by atoms with E-state index >= 15 is 0 Å². The monoisotopic (exact) mass is 402 g/mol. The number of fused-ring (bicyclic) bond motifs is 1. The summed E-state index contributed by atoms with van der Waals surface area (Å²) in [6.45, 7) is 1.51. The van der Waals surface area contributed by atoms with Crippen molar-refractivity contribution in [3.05, 3.63) is 69.8 Å². The third-order valence-corrected chi connectivity index (χ3v) is 4.99. The average Bonchev–Trinajstić information content (AvgIpc) is 2.60. The van der Waals surface area contributed by atoms with Crippen molar-refractivity contribution in [2.45, 2.75) is 11.8 Å². The lowest BCUT2D eigenvalue weighted by Crippen LogP contribution is -2.12. The van der Waals surface area contributed by atoms with Gasteiger partial charge >= 0.3 is 0 Å². The van der Waals surface area contributed by atoms with E-state index in [1.165, 1.54) is 49.4 Å². The molecule has 10 heteroatoms. The normalized spacial score (nSPS) is 11.4. The van der Waals surface area contributed by atoms with Crippen molar-refractivity contribution in [3.8, 4) is 5.75 Å². The van der Waals surface area contributed by atoms with Crippen LogP contribution in [0.15, 0.2) is 53.4 Å². The number of anilines is 1. The summed E-state index contributed by atoms with van der Waals surface area (Å²) in [5, 5.41) is 23.5. The number of aryl methyl sites for hydroxylation is 1. The van der Waals surface area contributed by atoms with Gasteiger partial charge in [-0.25, -0.2) is 0 Å². The maximum Gasteiger partial charge on any atom is 0.295 e. The standard InChI is InChI=1S/C18H14N2O7S/c1-10-6-12(3-5-16(10)20(23)24)18(22)19-13-4-2-11-7-14(21)9-17(15(11)8-13)28(25,26)27/h2-9,21H,1H3,(H,19,22)(H,25,26,27). The molecule has 0 bridgehead atoms. The number of nitro groups is 1. The Hall–Kier alpha value is -3.50. The van der Waals surface area contributed by atoms with Crippen LogP contribution in [0.2, 0.25) is 0 Å². The highest BCUT2D eigenvalue weighted by Crippen LogP contribution is 2.30. The predicted molar refractivity (Wildman–Crippen MR) is 101 cm³/mol. The molecule has 0 fully saturated rings. The molecule has 0 heterocycles. The average molecular weight is 402 g/mol. The van der Waals surface area contributed by atoms with Crippen LogP contribution in [0.1, 0.15) is 15.9 Å². The fourth-order valence-electron chi connectivity index (χ4n) is 2.80. The molecule has 0 aliphatic heterocycles. The number of carbonyl (C=O) groups is 1. The van der Waals surface area contributed by atoms with Crippen LogP contribution >= 0.6 is 0 Å². The van der Waals surface area contributed by atoms with Crippen molar-refractivity contribution in [1.29, 1.82) is 0 Å². The Morgan fingerprint density at radius 2 is 1.82 bits per heavy atom. The molecule has 3 rings (SSSR count). The Morgan fingerprint density at radius 1 is 1.11 bits per heavy atom. The quantitative estimate of drug-likeness (QED) is 0.345. The third-order valence-electron chi connectivity index (χ3n) is 4.09. The summed E-state index contributed by atoms with van der Waals surface area (Å²) in [6, 6.07) is 10.4. The molecule has 0 radical (unpaired) electrons. The van der Waals surface area contributed by atoms with E-state index < -0.39 is 25.8 Å². The SMILES string of the molecule is Cc1cc(C(=O)Nc2ccc3cc(O)cc(S(=O)(=O)O)c3c2)ccc1[N+](=O)[O-]. The zero-order chi connectivity index (χ0) is 20.6. The molecule has 144 valence electrons. The molecule has 28 heavy (non-hydrogen) atoms. The lowest BCUT2D eigenvalue weighted by atomic mass is 10.1. The van der Waals surface area contributed by atoms with E-state index in [2.05, 4.69) is 5.32 Å². The molecule has 3 aromatic rings. The van der Waals surface area contributed by atoms with Gasteiger partial charge in [-0.3, -0.25) is 19.5 Å². The molecular formula is C18H14N2O7S. The van der Waals surface area contributed by atoms with E-state index in [9.17, 15) is 33.0 Å². The van der Waals surface area contributed by atoms with E-state index in [4.69, 9.17) is 0 Å². The molecule has 0 spiro atoms. The topological polar surface area (TPSA) is 147 Å². The number of hydrogen-bond acceptors (Lipinski definition) is 6. The van der Waals surface area contributed by atoms with Crippen LogP contribution in [0.5, 0.6) is 5.75 Å². The van der Waals surface area contributed by atoms with E-state index in [0.29, 0.717) is 10.9 Å². The Kier molecular flexibility index (Phi) is 4.75. The molecule has 3 aromatic carbocycles. The molecule has 9 nitrogen and oxygen atoms in total. The second kappa shape index (κ2) is 6.91. The number of benzene rings is 3. The van der Waals surface area contributed by atoms with Crippen LogP contribution in [0, 0.1) is 17.0 Å². The highest BCUT2D eigenvalue weighted by molar-refractivity contribution is 7.86.